The predicted octanol–water partition coefficient (Wildman–Crippen LogP) is 6.35. The maximum absolute atomic E-state index is 12.4. The van der Waals surface area contributed by atoms with Gasteiger partial charge in [0, 0.05) is 0 Å². The molecule has 4 fully saturated rings. The van der Waals surface area contributed by atoms with Crippen molar-refractivity contribution in [2.75, 3.05) is 0 Å². The molecule has 0 aromatic rings. The Bertz CT molecular complexity index is 495. The highest BCUT2D eigenvalue weighted by molar-refractivity contribution is 5.73. The Morgan fingerprint density at radius 3 is 1.10 bits per heavy atom. The maximum atomic E-state index is 12.4. The number of hydrogen-bond acceptors (Lipinski definition) is 4. The van der Waals surface area contributed by atoms with Gasteiger partial charge in [0.25, 0.3) is 0 Å². The van der Waals surface area contributed by atoms with E-state index in [9.17, 15) is 9.59 Å². The lowest BCUT2D eigenvalue weighted by Gasteiger charge is -2.38. The fraction of sp³-hybridized carbons (Fsp3) is 0.923. The lowest BCUT2D eigenvalue weighted by molar-refractivity contribution is -0.159. The Labute approximate surface area is 182 Å². The molecule has 0 bridgehead atoms. The van der Waals surface area contributed by atoms with Crippen LogP contribution in [0.1, 0.15) is 116 Å². The smallest absolute Gasteiger partial charge is 0.309 e. The van der Waals surface area contributed by atoms with Crippen LogP contribution in [0.4, 0.5) is 0 Å². The van der Waals surface area contributed by atoms with Crippen molar-refractivity contribution in [2.24, 2.45) is 23.7 Å². The minimum Gasteiger partial charge on any atom is -0.462 e. The molecule has 4 rings (SSSR count). The predicted molar refractivity (Wildman–Crippen MR) is 117 cm³/mol. The topological polar surface area (TPSA) is 52.6 Å². The molecule has 4 heteroatoms. The second-order valence-corrected chi connectivity index (χ2v) is 10.6. The molecule has 0 aromatic carbocycles. The minimum absolute atomic E-state index is 0.0819. The molecule has 4 nitrogen and oxygen atoms in total. The van der Waals surface area contributed by atoms with Gasteiger partial charge in [-0.25, -0.2) is 0 Å². The van der Waals surface area contributed by atoms with E-state index in [1.54, 1.807) is 0 Å². The molecule has 30 heavy (non-hydrogen) atoms. The SMILES string of the molecule is O=C(OC1CCC(C2CCC(OC(=O)C3CCCCC3)CC2)CC1)C1CCCCC1. The van der Waals surface area contributed by atoms with E-state index in [0.29, 0.717) is 0 Å². The number of rotatable bonds is 5. The molecule has 170 valence electrons. The summed E-state index contributed by atoms with van der Waals surface area (Å²) in [6.45, 7) is 0. The first kappa shape index (κ1) is 22.1. The Balaban J connectivity index is 1.13. The van der Waals surface area contributed by atoms with E-state index < -0.39 is 0 Å². The minimum atomic E-state index is 0.0819. The zero-order valence-electron chi connectivity index (χ0n) is 18.8. The molecule has 0 radical (unpaired) electrons. The Morgan fingerprint density at radius 1 is 0.433 bits per heavy atom. The third-order valence-corrected chi connectivity index (χ3v) is 8.55. The van der Waals surface area contributed by atoms with Crippen LogP contribution in [0.15, 0.2) is 0 Å². The third-order valence-electron chi connectivity index (χ3n) is 8.55. The van der Waals surface area contributed by atoms with Gasteiger partial charge in [-0.3, -0.25) is 9.59 Å². The van der Waals surface area contributed by atoms with Crippen LogP contribution in [-0.2, 0) is 19.1 Å². The molecule has 0 amide bonds. The number of carbonyl (C=O) groups is 2. The summed E-state index contributed by atoms with van der Waals surface area (Å²) < 4.78 is 11.8. The van der Waals surface area contributed by atoms with Crippen LogP contribution >= 0.6 is 0 Å². The highest BCUT2D eigenvalue weighted by atomic mass is 16.5. The van der Waals surface area contributed by atoms with E-state index in [-0.39, 0.29) is 36.0 Å². The summed E-state index contributed by atoms with van der Waals surface area (Å²) >= 11 is 0. The van der Waals surface area contributed by atoms with E-state index in [1.165, 1.54) is 64.2 Å². The largest absolute Gasteiger partial charge is 0.462 e. The molecule has 0 aliphatic heterocycles. The summed E-state index contributed by atoms with van der Waals surface area (Å²) in [6.07, 6.45) is 20.7. The fourth-order valence-electron chi connectivity index (χ4n) is 6.55. The van der Waals surface area contributed by atoms with E-state index >= 15 is 0 Å². The number of ether oxygens (including phenoxy) is 2. The monoisotopic (exact) mass is 418 g/mol. The highest BCUT2D eigenvalue weighted by Crippen LogP contribution is 2.40. The van der Waals surface area contributed by atoms with Crippen LogP contribution in [0.5, 0.6) is 0 Å². The molecule has 4 aliphatic carbocycles. The van der Waals surface area contributed by atoms with Crippen molar-refractivity contribution >= 4 is 11.9 Å². The van der Waals surface area contributed by atoms with Gasteiger partial charge < -0.3 is 9.47 Å². The van der Waals surface area contributed by atoms with Crippen molar-refractivity contribution in [3.63, 3.8) is 0 Å². The molecule has 0 aromatic heterocycles. The molecule has 0 unspecified atom stereocenters. The standard InChI is InChI=1S/C26H42O4/c27-25(21-7-3-1-4-8-21)29-23-15-11-19(12-16-23)20-13-17-24(18-14-20)30-26(28)22-9-5-2-6-10-22/h19-24H,1-18H2. The Kier molecular flexibility index (Phi) is 8.12. The zero-order valence-corrected chi connectivity index (χ0v) is 18.8. The molecule has 0 saturated heterocycles. The van der Waals surface area contributed by atoms with E-state index in [0.717, 1.165) is 63.2 Å². The molecule has 4 aliphatic rings. The molecule has 0 spiro atoms. The van der Waals surface area contributed by atoms with Crippen LogP contribution in [0.3, 0.4) is 0 Å². The summed E-state index contributed by atoms with van der Waals surface area (Å²) in [5.41, 5.74) is 0. The summed E-state index contributed by atoms with van der Waals surface area (Å²) in [4.78, 5) is 24.8. The summed E-state index contributed by atoms with van der Waals surface area (Å²) in [5, 5.41) is 0. The van der Waals surface area contributed by atoms with Crippen LogP contribution in [-0.4, -0.2) is 24.1 Å². The number of hydrogen-bond donors (Lipinski definition) is 0. The first-order valence-electron chi connectivity index (χ1n) is 13.1. The molecule has 4 saturated carbocycles. The first-order valence-corrected chi connectivity index (χ1v) is 13.1. The molecular formula is C26H42O4. The van der Waals surface area contributed by atoms with Crippen molar-refractivity contribution in [2.45, 2.75) is 128 Å². The average molecular weight is 419 g/mol. The Hall–Kier alpha value is -1.06. The first-order chi connectivity index (χ1) is 14.7. The lowest BCUT2D eigenvalue weighted by atomic mass is 9.72. The molecule has 0 N–H and O–H groups in total. The maximum Gasteiger partial charge on any atom is 0.309 e. The summed E-state index contributed by atoms with van der Waals surface area (Å²) in [7, 11) is 0. The number of carbonyl (C=O) groups excluding carboxylic acids is 2. The lowest BCUT2D eigenvalue weighted by Crippen LogP contribution is -2.33. The van der Waals surface area contributed by atoms with Gasteiger partial charge in [0.1, 0.15) is 12.2 Å². The second-order valence-electron chi connectivity index (χ2n) is 10.6. The normalized spacial score (nSPS) is 34.3. The molecule has 0 heterocycles. The Morgan fingerprint density at radius 2 is 0.767 bits per heavy atom. The highest BCUT2D eigenvalue weighted by Gasteiger charge is 2.34. The number of esters is 2. The van der Waals surface area contributed by atoms with E-state index in [2.05, 4.69) is 0 Å². The van der Waals surface area contributed by atoms with Gasteiger partial charge in [0.05, 0.1) is 11.8 Å². The fourth-order valence-corrected chi connectivity index (χ4v) is 6.55. The third kappa shape index (κ3) is 6.01. The van der Waals surface area contributed by atoms with Crippen LogP contribution in [0.25, 0.3) is 0 Å². The average Bonchev–Trinajstić information content (AvgIpc) is 2.81. The zero-order chi connectivity index (χ0) is 20.8. The van der Waals surface area contributed by atoms with Gasteiger partial charge in [-0.15, -0.1) is 0 Å². The van der Waals surface area contributed by atoms with Gasteiger partial charge >= 0.3 is 11.9 Å². The van der Waals surface area contributed by atoms with E-state index in [4.69, 9.17) is 9.47 Å². The van der Waals surface area contributed by atoms with Crippen LogP contribution < -0.4 is 0 Å². The van der Waals surface area contributed by atoms with Gasteiger partial charge in [0.2, 0.25) is 0 Å². The van der Waals surface area contributed by atoms with Gasteiger partial charge in [-0.2, -0.15) is 0 Å². The van der Waals surface area contributed by atoms with Crippen molar-refractivity contribution < 1.29 is 19.1 Å². The molecule has 0 atom stereocenters. The molecular weight excluding hydrogens is 376 g/mol. The van der Waals surface area contributed by atoms with Gasteiger partial charge in [0.15, 0.2) is 0 Å². The van der Waals surface area contributed by atoms with Crippen molar-refractivity contribution in [1.29, 1.82) is 0 Å². The van der Waals surface area contributed by atoms with Crippen LogP contribution in [0, 0.1) is 23.7 Å². The van der Waals surface area contributed by atoms with Crippen LogP contribution in [0.2, 0.25) is 0 Å². The summed E-state index contributed by atoms with van der Waals surface area (Å²) in [6, 6.07) is 0. The quantitative estimate of drug-likeness (QED) is 0.488. The van der Waals surface area contributed by atoms with E-state index in [1.807, 2.05) is 0 Å². The summed E-state index contributed by atoms with van der Waals surface area (Å²) in [5.74, 6) is 2.04. The van der Waals surface area contributed by atoms with Gasteiger partial charge in [-0.1, -0.05) is 38.5 Å². The van der Waals surface area contributed by atoms with Crippen molar-refractivity contribution in [3.05, 3.63) is 0 Å². The van der Waals surface area contributed by atoms with Gasteiger partial charge in [-0.05, 0) is 88.9 Å². The van der Waals surface area contributed by atoms with Crippen molar-refractivity contribution in [3.8, 4) is 0 Å². The second kappa shape index (κ2) is 11.0. The van der Waals surface area contributed by atoms with Crippen molar-refractivity contribution in [1.82, 2.24) is 0 Å².